The van der Waals surface area contributed by atoms with E-state index in [1.165, 1.54) is 174 Å². The van der Waals surface area contributed by atoms with Crippen LogP contribution in [0.2, 0.25) is 0 Å². The highest BCUT2D eigenvalue weighted by atomic mass is 16.8. The second-order valence-electron chi connectivity index (χ2n) is 32.7. The lowest BCUT2D eigenvalue weighted by atomic mass is 9.93. The molecule has 6 fully saturated rings. The predicted molar refractivity (Wildman–Crippen MR) is 416 cm³/mol. The number of rotatable bonds is 57. The summed E-state index contributed by atoms with van der Waals surface area (Å²) in [6, 6.07) is -2.95. The fourth-order valence-corrected chi connectivity index (χ4v) is 16.0. The lowest BCUT2D eigenvalue weighted by Gasteiger charge is -2.52. The van der Waals surface area contributed by atoms with Gasteiger partial charge in [-0.15, -0.1) is 0 Å². The van der Waals surface area contributed by atoms with Gasteiger partial charge in [-0.3, -0.25) is 9.59 Å². The van der Waals surface area contributed by atoms with Crippen LogP contribution in [0.1, 0.15) is 266 Å². The van der Waals surface area contributed by atoms with E-state index in [9.17, 15) is 96.4 Å². The lowest BCUT2D eigenvalue weighted by Crippen LogP contribution is -2.71. The summed E-state index contributed by atoms with van der Waals surface area (Å²) in [6.07, 6.45) is -10.2. The molecular formula is C82H150N2O31. The first-order valence-electron chi connectivity index (χ1n) is 43.7. The van der Waals surface area contributed by atoms with E-state index in [0.717, 1.165) is 58.3 Å². The Hall–Kier alpha value is -2.48. The Morgan fingerprint density at radius 1 is 0.357 bits per heavy atom. The van der Waals surface area contributed by atoms with Crippen LogP contribution in [0.5, 0.6) is 0 Å². The van der Waals surface area contributed by atoms with Crippen molar-refractivity contribution < 1.29 is 153 Å². The van der Waals surface area contributed by atoms with Crippen LogP contribution in [0.4, 0.5) is 0 Å². The van der Waals surface area contributed by atoms with Crippen LogP contribution < -0.4 is 10.6 Å². The van der Waals surface area contributed by atoms with Crippen molar-refractivity contribution >= 4 is 11.8 Å². The zero-order chi connectivity index (χ0) is 83.9. The van der Waals surface area contributed by atoms with E-state index in [1.54, 1.807) is 6.08 Å². The largest absolute Gasteiger partial charge is 0.394 e. The number of nitrogens with one attached hydrogen (secondary N) is 2. The predicted octanol–water partition coefficient (Wildman–Crippen LogP) is 2.61. The monoisotopic (exact) mass is 1660 g/mol. The second kappa shape index (κ2) is 55.6. The van der Waals surface area contributed by atoms with Crippen molar-refractivity contribution in [1.82, 2.24) is 10.6 Å². The molecule has 6 aliphatic rings. The van der Waals surface area contributed by atoms with Gasteiger partial charge in [0.25, 0.3) is 0 Å². The van der Waals surface area contributed by atoms with Gasteiger partial charge in [0.15, 0.2) is 37.7 Å². The van der Waals surface area contributed by atoms with Gasteiger partial charge in [0, 0.05) is 13.3 Å². The maximum Gasteiger partial charge on any atom is 0.220 e. The fraction of sp³-hybridized carbons (Fsp3) is 0.951. The normalized spacial score (nSPS) is 36.6. The number of aliphatic hydroxyl groups excluding tert-OH is 17. The number of aliphatic hydroxyl groups is 17. The molecule has 33 heteroatoms. The quantitative estimate of drug-likeness (QED) is 0.0307. The van der Waals surface area contributed by atoms with E-state index >= 15 is 0 Å². The molecule has 115 heavy (non-hydrogen) atoms. The molecule has 0 aromatic rings. The van der Waals surface area contributed by atoms with Crippen LogP contribution in [-0.2, 0) is 66.4 Å². The van der Waals surface area contributed by atoms with Gasteiger partial charge < -0.3 is 154 Å². The summed E-state index contributed by atoms with van der Waals surface area (Å²) in [5, 5.41) is 196. The van der Waals surface area contributed by atoms with E-state index in [4.69, 9.17) is 56.8 Å². The molecular weight excluding hydrogens is 1510 g/mol. The standard InChI is InChI=1S/C82H150N2O31/c1-6-8-10-12-14-16-18-20-21-22-23-24-25-26-27-28-29-31-33-35-37-39-41-43-58(91)84-52(53(90)42-40-38-36-34-32-30-19-17-15-13-11-9-7-2)48-104-78-70(102)67(99)72(56(46-87)110-78)111-81-71(103)75(63(95)55(45-86)107-81)114-77-59(83-51(5)89)74(113-79-68(100)64(96)60(92)49(3)105-79)73(57(47-88)109-77)112-82-76(66(98)62(94)54(44-85)108-82)115-80-69(101)65(97)61(93)50(4)106-80/h40,42,49-50,52-57,59-82,85-88,90,92-103H,6-39,41,43-48H2,1-5H3,(H,83,89)(H,84,91)/b42-40+/t49?,50?,52-,53+,54?,55?,56?,57?,59?,60+,61+,62-,63-,64?,65?,66-,67+,68-,69-,70?,71?,72+,73+,74+,75-,76?,77-,78+,79+,80+,81-,82-/m0/s1. The third-order valence-corrected chi connectivity index (χ3v) is 23.2. The van der Waals surface area contributed by atoms with Gasteiger partial charge in [0.05, 0.1) is 57.4 Å². The van der Waals surface area contributed by atoms with Crippen LogP contribution in [0.15, 0.2) is 12.2 Å². The molecule has 0 aromatic heterocycles. The molecule has 0 saturated carbocycles. The first-order chi connectivity index (χ1) is 55.3. The maximum absolute atomic E-state index is 13.6. The van der Waals surface area contributed by atoms with Crippen molar-refractivity contribution in [2.75, 3.05) is 33.0 Å². The highest BCUT2D eigenvalue weighted by Gasteiger charge is 2.59. The van der Waals surface area contributed by atoms with Gasteiger partial charge in [-0.1, -0.05) is 231 Å². The van der Waals surface area contributed by atoms with E-state index in [0.29, 0.717) is 12.8 Å². The molecule has 6 heterocycles. The van der Waals surface area contributed by atoms with Crippen LogP contribution in [-0.4, -0.2) is 328 Å². The van der Waals surface area contributed by atoms with Crippen molar-refractivity contribution in [2.24, 2.45) is 0 Å². The fourth-order valence-electron chi connectivity index (χ4n) is 16.0. The number of carbonyl (C=O) groups is 2. The third-order valence-electron chi connectivity index (χ3n) is 23.2. The summed E-state index contributed by atoms with van der Waals surface area (Å²) in [7, 11) is 0. The SMILES string of the molecule is CCCCCCCCCCCCC/C=C/[C@@H](O)[C@H](CO[C@@H]1OC(CO)[C@@H](O[C@@H]2OC(CO)[C@H](O)[C@H](O[C@@H]3OC(CO)[C@@H](O[C@@H]4OC(CO)[C@H](O)[C@H](O)C4O[C@H]4OC(C)[C@@H](O)C(O)[C@@H]4O)[C@H](O[C@H]4OC(C)[C@@H](O)C(O)[C@@H]4O)C3NC(C)=O)C2O)[C@H](O)C1O)NC(=O)CCCCCCCCCCCCCCCCCCCCCCCCC. The minimum atomic E-state index is -2.24. The van der Waals surface area contributed by atoms with E-state index in [1.807, 2.05) is 6.08 Å². The molecule has 674 valence electrons. The van der Waals surface area contributed by atoms with Crippen molar-refractivity contribution in [3.63, 3.8) is 0 Å². The molecule has 6 rings (SSSR count). The summed E-state index contributed by atoms with van der Waals surface area (Å²) in [5.41, 5.74) is 0. The first-order valence-corrected chi connectivity index (χ1v) is 43.7. The lowest BCUT2D eigenvalue weighted by molar-refractivity contribution is -0.401. The van der Waals surface area contributed by atoms with Gasteiger partial charge in [0.2, 0.25) is 11.8 Å². The average molecular weight is 1660 g/mol. The van der Waals surface area contributed by atoms with Crippen LogP contribution in [0.25, 0.3) is 0 Å². The topological polar surface area (TPSA) is 513 Å². The Bertz CT molecular complexity index is 2580. The van der Waals surface area contributed by atoms with Gasteiger partial charge in [0.1, 0.15) is 134 Å². The summed E-state index contributed by atoms with van der Waals surface area (Å²) in [4.78, 5) is 27.1. The number of carbonyl (C=O) groups excluding carboxylic acids is 2. The van der Waals surface area contributed by atoms with Crippen molar-refractivity contribution in [3.8, 4) is 0 Å². The number of allylic oxidation sites excluding steroid dienone is 1. The first kappa shape index (κ1) is 101. The molecule has 2 amide bonds. The highest BCUT2D eigenvalue weighted by Crippen LogP contribution is 2.39. The van der Waals surface area contributed by atoms with Crippen LogP contribution >= 0.6 is 0 Å². The minimum Gasteiger partial charge on any atom is -0.394 e. The van der Waals surface area contributed by atoms with Crippen molar-refractivity contribution in [2.45, 2.75) is 462 Å². The number of unbranched alkanes of at least 4 members (excludes halogenated alkanes) is 33. The molecule has 6 saturated heterocycles. The Kier molecular flexibility index (Phi) is 49.0. The molecule has 0 bridgehead atoms. The maximum atomic E-state index is 13.6. The Labute approximate surface area is 680 Å². The third kappa shape index (κ3) is 32.6. The molecule has 32 atom stereocenters. The summed E-state index contributed by atoms with van der Waals surface area (Å²) in [5.74, 6) is -1.23. The number of amides is 2. The van der Waals surface area contributed by atoms with Crippen molar-refractivity contribution in [3.05, 3.63) is 12.2 Å². The van der Waals surface area contributed by atoms with Gasteiger partial charge in [-0.2, -0.15) is 0 Å². The molecule has 0 spiro atoms. The minimum absolute atomic E-state index is 0.175. The Balaban J connectivity index is 1.10. The number of hydrogen-bond acceptors (Lipinski definition) is 31. The second-order valence-corrected chi connectivity index (χ2v) is 32.7. The molecule has 0 radical (unpaired) electrons. The summed E-state index contributed by atoms with van der Waals surface area (Å²) < 4.78 is 72.6. The van der Waals surface area contributed by atoms with E-state index in [-0.39, 0.29) is 12.3 Å². The van der Waals surface area contributed by atoms with Crippen LogP contribution in [0, 0.1) is 0 Å². The van der Waals surface area contributed by atoms with Crippen LogP contribution in [0.3, 0.4) is 0 Å². The molecule has 0 aliphatic carbocycles. The van der Waals surface area contributed by atoms with Crippen molar-refractivity contribution in [1.29, 1.82) is 0 Å². The molecule has 12 unspecified atom stereocenters. The molecule has 33 nitrogen and oxygen atoms in total. The van der Waals surface area contributed by atoms with Gasteiger partial charge >= 0.3 is 0 Å². The summed E-state index contributed by atoms with van der Waals surface area (Å²) in [6.45, 7) is 3.61. The van der Waals surface area contributed by atoms with Gasteiger partial charge in [-0.25, -0.2) is 0 Å². The Morgan fingerprint density at radius 3 is 1.17 bits per heavy atom. The molecule has 6 aliphatic heterocycles. The van der Waals surface area contributed by atoms with E-state index < -0.39 is 235 Å². The van der Waals surface area contributed by atoms with E-state index in [2.05, 4.69) is 24.5 Å². The number of ether oxygens (including phenoxy) is 12. The molecule has 0 aromatic carbocycles. The Morgan fingerprint density at radius 2 is 0.713 bits per heavy atom. The number of hydrogen-bond donors (Lipinski definition) is 19. The summed E-state index contributed by atoms with van der Waals surface area (Å²) >= 11 is 0. The highest BCUT2D eigenvalue weighted by molar-refractivity contribution is 5.76. The van der Waals surface area contributed by atoms with Gasteiger partial charge in [-0.05, 0) is 33.1 Å². The molecule has 19 N–H and O–H groups in total. The zero-order valence-corrected chi connectivity index (χ0v) is 68.9. The smallest absolute Gasteiger partial charge is 0.220 e. The average Bonchev–Trinajstić information content (AvgIpc) is 0.758. The zero-order valence-electron chi connectivity index (χ0n) is 68.9.